The third-order valence-corrected chi connectivity index (χ3v) is 5.45. The first-order valence-electron chi connectivity index (χ1n) is 7.71. The second kappa shape index (κ2) is 5.90. The number of hydrogen-bond donors (Lipinski definition) is 1. The number of hydrogen-bond acceptors (Lipinski definition) is 2. The lowest BCUT2D eigenvalue weighted by atomic mass is 9.95. The van der Waals surface area contributed by atoms with E-state index in [0.717, 1.165) is 24.0 Å². The van der Waals surface area contributed by atoms with Gasteiger partial charge in [0.2, 0.25) is 5.95 Å². The molecule has 1 aromatic carbocycles. The van der Waals surface area contributed by atoms with Crippen LogP contribution in [0.15, 0.2) is 30.5 Å². The number of anilines is 1. The molecular formula is C17H14Cl2FN3O. The standard InChI is InChI=1S/C17H14Cl2FN3O/c18-13-3-1-10(6-14(13)19)22-17(24)23-11-2-4-15(23)12-7-16(20)21-8-9(12)5-11/h1,3,6-8,11,15H,2,4-5H2,(H,22,24)/t11-,15+/m1/s1. The SMILES string of the molecule is O=C(Nc1ccc(Cl)c(Cl)c1)N1[C@@H]2CC[C@H]1c1cc(F)ncc1C2. The first-order valence-corrected chi connectivity index (χ1v) is 8.47. The second-order valence-electron chi connectivity index (χ2n) is 6.12. The van der Waals surface area contributed by atoms with Gasteiger partial charge in [0.05, 0.1) is 16.1 Å². The molecule has 2 aliphatic rings. The number of carbonyl (C=O) groups is 1. The molecule has 0 unspecified atom stereocenters. The molecule has 24 heavy (non-hydrogen) atoms. The van der Waals surface area contributed by atoms with Gasteiger partial charge in [0.25, 0.3) is 0 Å². The minimum atomic E-state index is -0.510. The molecule has 4 rings (SSSR count). The smallest absolute Gasteiger partial charge is 0.314 e. The van der Waals surface area contributed by atoms with Crippen LogP contribution in [0, 0.1) is 5.95 Å². The fourth-order valence-corrected chi connectivity index (χ4v) is 3.96. The van der Waals surface area contributed by atoms with E-state index in [1.807, 2.05) is 4.90 Å². The van der Waals surface area contributed by atoms with Gasteiger partial charge in [-0.1, -0.05) is 23.2 Å². The van der Waals surface area contributed by atoms with E-state index in [1.165, 1.54) is 6.07 Å². The number of carbonyl (C=O) groups excluding carboxylic acids is 1. The Labute approximate surface area is 148 Å². The van der Waals surface area contributed by atoms with Crippen molar-refractivity contribution in [3.63, 3.8) is 0 Å². The van der Waals surface area contributed by atoms with Crippen LogP contribution >= 0.6 is 23.2 Å². The van der Waals surface area contributed by atoms with Gasteiger partial charge in [-0.15, -0.1) is 0 Å². The van der Waals surface area contributed by atoms with Crippen LogP contribution in [0.1, 0.15) is 30.0 Å². The summed E-state index contributed by atoms with van der Waals surface area (Å²) in [4.78, 5) is 18.3. The average molecular weight is 366 g/mol. The van der Waals surface area contributed by atoms with E-state index in [0.29, 0.717) is 22.2 Å². The van der Waals surface area contributed by atoms with Crippen LogP contribution in [0.3, 0.4) is 0 Å². The summed E-state index contributed by atoms with van der Waals surface area (Å²) in [5, 5.41) is 3.68. The Balaban J connectivity index is 1.60. The zero-order chi connectivity index (χ0) is 16.8. The molecule has 1 N–H and O–H groups in total. The highest BCUT2D eigenvalue weighted by Gasteiger charge is 2.42. The number of urea groups is 1. The summed E-state index contributed by atoms with van der Waals surface area (Å²) >= 11 is 11.9. The number of nitrogens with one attached hydrogen (secondary N) is 1. The number of benzene rings is 1. The van der Waals surface area contributed by atoms with Crippen molar-refractivity contribution in [2.24, 2.45) is 0 Å². The molecule has 124 valence electrons. The van der Waals surface area contributed by atoms with Crippen LogP contribution in [0.25, 0.3) is 0 Å². The third-order valence-electron chi connectivity index (χ3n) is 4.71. The van der Waals surface area contributed by atoms with Crippen molar-refractivity contribution in [2.45, 2.75) is 31.3 Å². The molecule has 1 fully saturated rings. The van der Waals surface area contributed by atoms with E-state index in [-0.39, 0.29) is 18.1 Å². The molecule has 2 bridgehead atoms. The fourth-order valence-electron chi connectivity index (χ4n) is 3.66. The van der Waals surface area contributed by atoms with Crippen LogP contribution in [0.2, 0.25) is 10.0 Å². The zero-order valence-electron chi connectivity index (χ0n) is 12.6. The van der Waals surface area contributed by atoms with Gasteiger partial charge in [0, 0.05) is 17.9 Å². The van der Waals surface area contributed by atoms with Crippen molar-refractivity contribution in [3.05, 3.63) is 57.6 Å². The lowest BCUT2D eigenvalue weighted by Crippen LogP contribution is -2.44. The van der Waals surface area contributed by atoms with Crippen molar-refractivity contribution < 1.29 is 9.18 Å². The molecule has 7 heteroatoms. The molecule has 3 heterocycles. The summed E-state index contributed by atoms with van der Waals surface area (Å²) in [7, 11) is 0. The van der Waals surface area contributed by atoms with E-state index in [4.69, 9.17) is 23.2 Å². The van der Waals surface area contributed by atoms with Crippen molar-refractivity contribution in [1.82, 2.24) is 9.88 Å². The summed E-state index contributed by atoms with van der Waals surface area (Å²) in [5.74, 6) is -0.510. The summed E-state index contributed by atoms with van der Waals surface area (Å²) in [6.07, 6.45) is 4.02. The quantitative estimate of drug-likeness (QED) is 0.736. The maximum Gasteiger partial charge on any atom is 0.322 e. The van der Waals surface area contributed by atoms with E-state index in [2.05, 4.69) is 10.3 Å². The second-order valence-corrected chi connectivity index (χ2v) is 6.94. The van der Waals surface area contributed by atoms with Crippen molar-refractivity contribution >= 4 is 34.9 Å². The number of nitrogens with zero attached hydrogens (tertiary/aromatic N) is 2. The average Bonchev–Trinajstić information content (AvgIpc) is 2.88. The molecule has 2 atom stereocenters. The molecule has 2 aromatic rings. The van der Waals surface area contributed by atoms with E-state index < -0.39 is 5.95 Å². The Hall–Kier alpha value is -1.85. The van der Waals surface area contributed by atoms with Gasteiger partial charge in [-0.2, -0.15) is 4.39 Å². The van der Waals surface area contributed by atoms with Gasteiger partial charge in [-0.25, -0.2) is 9.78 Å². The predicted octanol–water partition coefficient (Wildman–Crippen LogP) is 4.82. The normalized spacial score (nSPS) is 21.5. The molecule has 0 aliphatic carbocycles. The summed E-state index contributed by atoms with van der Waals surface area (Å²) < 4.78 is 13.5. The molecule has 1 aromatic heterocycles. The minimum Gasteiger partial charge on any atom is -0.314 e. The topological polar surface area (TPSA) is 45.2 Å². The fraction of sp³-hybridized carbons (Fsp3) is 0.294. The number of rotatable bonds is 1. The largest absolute Gasteiger partial charge is 0.322 e. The van der Waals surface area contributed by atoms with Crippen LogP contribution in [0.5, 0.6) is 0 Å². The summed E-state index contributed by atoms with van der Waals surface area (Å²) in [6.45, 7) is 0. The molecular weight excluding hydrogens is 352 g/mol. The molecule has 2 aliphatic heterocycles. The monoisotopic (exact) mass is 365 g/mol. The van der Waals surface area contributed by atoms with E-state index in [9.17, 15) is 9.18 Å². The van der Waals surface area contributed by atoms with Gasteiger partial charge in [0.15, 0.2) is 0 Å². The first-order chi connectivity index (χ1) is 11.5. The van der Waals surface area contributed by atoms with Crippen molar-refractivity contribution in [3.8, 4) is 0 Å². The van der Waals surface area contributed by atoms with Crippen molar-refractivity contribution in [2.75, 3.05) is 5.32 Å². The number of fused-ring (bicyclic) bond motifs is 4. The molecule has 0 radical (unpaired) electrons. The molecule has 1 saturated heterocycles. The maximum absolute atomic E-state index is 13.5. The Kier molecular flexibility index (Phi) is 3.85. The van der Waals surface area contributed by atoms with Gasteiger partial charge < -0.3 is 10.2 Å². The summed E-state index contributed by atoms with van der Waals surface area (Å²) in [6, 6.07) is 6.20. The van der Waals surface area contributed by atoms with Crippen LogP contribution in [-0.2, 0) is 6.42 Å². The zero-order valence-corrected chi connectivity index (χ0v) is 14.1. The number of halogens is 3. The van der Waals surface area contributed by atoms with E-state index >= 15 is 0 Å². The Morgan fingerprint density at radius 1 is 1.25 bits per heavy atom. The Bertz CT molecular complexity index is 829. The lowest BCUT2D eigenvalue weighted by Gasteiger charge is -2.36. The highest BCUT2D eigenvalue weighted by Crippen LogP contribution is 2.43. The predicted molar refractivity (Wildman–Crippen MR) is 91.0 cm³/mol. The molecule has 0 saturated carbocycles. The van der Waals surface area contributed by atoms with Crippen molar-refractivity contribution in [1.29, 1.82) is 0 Å². The van der Waals surface area contributed by atoms with Gasteiger partial charge in [-0.05, 0) is 54.7 Å². The van der Waals surface area contributed by atoms with Gasteiger partial charge >= 0.3 is 6.03 Å². The molecule has 0 spiro atoms. The van der Waals surface area contributed by atoms with E-state index in [1.54, 1.807) is 24.4 Å². The van der Waals surface area contributed by atoms with Gasteiger partial charge in [0.1, 0.15) is 0 Å². The minimum absolute atomic E-state index is 0.109. The molecule has 2 amide bonds. The third kappa shape index (κ3) is 2.62. The Morgan fingerprint density at radius 3 is 2.88 bits per heavy atom. The van der Waals surface area contributed by atoms with Crippen LogP contribution in [-0.4, -0.2) is 22.0 Å². The van der Waals surface area contributed by atoms with Crippen LogP contribution < -0.4 is 5.32 Å². The van der Waals surface area contributed by atoms with Crippen LogP contribution in [0.4, 0.5) is 14.9 Å². The summed E-state index contributed by atoms with van der Waals surface area (Å²) in [5.41, 5.74) is 2.48. The molecule has 4 nitrogen and oxygen atoms in total. The number of pyridine rings is 1. The maximum atomic E-state index is 13.5. The Morgan fingerprint density at radius 2 is 2.08 bits per heavy atom. The number of amides is 2. The first kappa shape index (κ1) is 15.7. The highest BCUT2D eigenvalue weighted by molar-refractivity contribution is 6.42. The highest BCUT2D eigenvalue weighted by atomic mass is 35.5. The lowest BCUT2D eigenvalue weighted by molar-refractivity contribution is 0.179. The van der Waals surface area contributed by atoms with Gasteiger partial charge in [-0.3, -0.25) is 0 Å². The number of aromatic nitrogens is 1.